The molecule has 0 heterocycles. The third kappa shape index (κ3) is 6.28. The lowest BCUT2D eigenvalue weighted by molar-refractivity contribution is 0.306. The van der Waals surface area contributed by atoms with Crippen molar-refractivity contribution in [3.8, 4) is 0 Å². The fraction of sp³-hybridized carbons (Fsp3) is 1.00. The Morgan fingerprint density at radius 2 is 1.32 bits per heavy atom. The van der Waals surface area contributed by atoms with E-state index in [0.717, 1.165) is 35.0 Å². The predicted molar refractivity (Wildman–Crippen MR) is 113 cm³/mol. The minimum absolute atomic E-state index is 0.855. The molecule has 2 fully saturated rings. The van der Waals surface area contributed by atoms with Gasteiger partial charge in [0.2, 0.25) is 0 Å². The van der Waals surface area contributed by atoms with Crippen molar-refractivity contribution in [1.29, 1.82) is 0 Å². The monoisotopic (exact) mass is 348 g/mol. The molecule has 0 aromatic heterocycles. The Labute approximate surface area is 159 Å². The summed E-state index contributed by atoms with van der Waals surface area (Å²) in [7, 11) is 0. The van der Waals surface area contributed by atoms with E-state index in [9.17, 15) is 0 Å². The number of hydrogen-bond acceptors (Lipinski definition) is 0. The number of unbranched alkanes of at least 4 members (excludes halogenated alkanes) is 8. The van der Waals surface area contributed by atoms with Gasteiger partial charge >= 0.3 is 0 Å². The molecule has 2 rings (SSSR count). The first-order valence-corrected chi connectivity index (χ1v) is 12.0. The molecule has 25 heavy (non-hydrogen) atoms. The quantitative estimate of drug-likeness (QED) is 0.260. The van der Waals surface area contributed by atoms with E-state index in [4.69, 9.17) is 0 Å². The topological polar surface area (TPSA) is 0 Å². The lowest BCUT2D eigenvalue weighted by atomic mass is 9.86. The van der Waals surface area contributed by atoms with E-state index in [-0.39, 0.29) is 0 Å². The predicted octanol–water partition coefficient (Wildman–Crippen LogP) is 8.64. The van der Waals surface area contributed by atoms with E-state index in [2.05, 4.69) is 34.6 Å². The van der Waals surface area contributed by atoms with Gasteiger partial charge < -0.3 is 0 Å². The van der Waals surface area contributed by atoms with Gasteiger partial charge in [-0.3, -0.25) is 0 Å². The Kier molecular flexibility index (Phi) is 8.83. The van der Waals surface area contributed by atoms with Crippen molar-refractivity contribution in [3.63, 3.8) is 0 Å². The van der Waals surface area contributed by atoms with Gasteiger partial charge in [-0.2, -0.15) is 0 Å². The normalized spacial score (nSPS) is 30.0. The van der Waals surface area contributed by atoms with Crippen molar-refractivity contribution in [3.05, 3.63) is 0 Å². The molecule has 2 aliphatic rings. The van der Waals surface area contributed by atoms with Crippen LogP contribution in [-0.4, -0.2) is 0 Å². The molecule has 0 aromatic rings. The Hall–Kier alpha value is 0. The summed E-state index contributed by atoms with van der Waals surface area (Å²) in [4.78, 5) is 0. The minimum Gasteiger partial charge on any atom is -0.0654 e. The van der Waals surface area contributed by atoms with Gasteiger partial charge in [0.05, 0.1) is 0 Å². The molecule has 0 saturated heterocycles. The first-order chi connectivity index (χ1) is 12.0. The molecule has 0 nitrogen and oxygen atoms in total. The number of hydrogen-bond donors (Lipinski definition) is 0. The van der Waals surface area contributed by atoms with Crippen molar-refractivity contribution < 1.29 is 0 Å². The average Bonchev–Trinajstić information content (AvgIpc) is 3.49. The van der Waals surface area contributed by atoms with Gasteiger partial charge in [0.15, 0.2) is 0 Å². The maximum atomic E-state index is 2.51. The summed E-state index contributed by atoms with van der Waals surface area (Å²) in [6.07, 6.45) is 20.8. The zero-order valence-corrected chi connectivity index (χ0v) is 18.3. The molecule has 2 saturated carbocycles. The molecule has 148 valence electrons. The van der Waals surface area contributed by atoms with Crippen molar-refractivity contribution in [2.75, 3.05) is 0 Å². The third-order valence-electron chi connectivity index (χ3n) is 7.71. The SMILES string of the molecule is CCCCCCCCCCCC(CC(C)C)C1CC12CC2C(C)CC. The van der Waals surface area contributed by atoms with Crippen LogP contribution in [0.1, 0.15) is 125 Å². The average molecular weight is 349 g/mol. The van der Waals surface area contributed by atoms with Crippen LogP contribution in [0.3, 0.4) is 0 Å². The number of rotatable bonds is 15. The van der Waals surface area contributed by atoms with Crippen molar-refractivity contribution in [2.24, 2.45) is 35.0 Å². The Bertz CT molecular complexity index is 357. The van der Waals surface area contributed by atoms with Gasteiger partial charge in [0, 0.05) is 0 Å². The van der Waals surface area contributed by atoms with Gasteiger partial charge in [-0.15, -0.1) is 0 Å². The highest BCUT2D eigenvalue weighted by atomic mass is 14.8. The second kappa shape index (κ2) is 10.4. The third-order valence-corrected chi connectivity index (χ3v) is 7.71. The van der Waals surface area contributed by atoms with Crippen LogP contribution >= 0.6 is 0 Å². The molecule has 0 N–H and O–H groups in total. The maximum absolute atomic E-state index is 2.51. The molecule has 0 amide bonds. The van der Waals surface area contributed by atoms with E-state index in [1.807, 2.05) is 0 Å². The molecule has 0 aliphatic heterocycles. The largest absolute Gasteiger partial charge is 0.0654 e. The highest BCUT2D eigenvalue weighted by molar-refractivity contribution is 5.20. The first-order valence-electron chi connectivity index (χ1n) is 12.0. The molecule has 0 radical (unpaired) electrons. The van der Waals surface area contributed by atoms with Crippen LogP contribution in [0.5, 0.6) is 0 Å². The van der Waals surface area contributed by atoms with Gasteiger partial charge in [-0.05, 0) is 54.3 Å². The highest BCUT2D eigenvalue weighted by Crippen LogP contribution is 2.79. The molecule has 1 spiro atoms. The summed E-state index contributed by atoms with van der Waals surface area (Å²) in [5.74, 6) is 5.14. The maximum Gasteiger partial charge on any atom is -0.0229 e. The molecule has 2 aliphatic carbocycles. The first kappa shape index (κ1) is 21.3. The van der Waals surface area contributed by atoms with Crippen LogP contribution in [0.25, 0.3) is 0 Å². The lowest BCUT2D eigenvalue weighted by Crippen LogP contribution is -2.10. The van der Waals surface area contributed by atoms with Crippen LogP contribution in [0.2, 0.25) is 0 Å². The molecule has 0 aromatic carbocycles. The molecular weight excluding hydrogens is 300 g/mol. The van der Waals surface area contributed by atoms with E-state index >= 15 is 0 Å². The Balaban J connectivity index is 1.60. The second-order valence-electron chi connectivity index (χ2n) is 10.2. The molecule has 5 atom stereocenters. The van der Waals surface area contributed by atoms with Crippen LogP contribution < -0.4 is 0 Å². The van der Waals surface area contributed by atoms with Gasteiger partial charge in [0.1, 0.15) is 0 Å². The summed E-state index contributed by atoms with van der Waals surface area (Å²) in [6.45, 7) is 12.1. The van der Waals surface area contributed by atoms with Crippen LogP contribution in [0.15, 0.2) is 0 Å². The summed E-state index contributed by atoms with van der Waals surface area (Å²) in [5, 5.41) is 0. The molecular formula is C25H48. The van der Waals surface area contributed by atoms with Crippen LogP contribution in [0.4, 0.5) is 0 Å². The van der Waals surface area contributed by atoms with E-state index in [0.29, 0.717) is 0 Å². The molecule has 0 heteroatoms. The lowest BCUT2D eigenvalue weighted by Gasteiger charge is -2.20. The highest BCUT2D eigenvalue weighted by Gasteiger charge is 2.71. The zero-order chi connectivity index (χ0) is 18.3. The van der Waals surface area contributed by atoms with Crippen LogP contribution in [0, 0.1) is 35.0 Å². The van der Waals surface area contributed by atoms with E-state index < -0.39 is 0 Å². The Morgan fingerprint density at radius 3 is 1.88 bits per heavy atom. The summed E-state index contributed by atoms with van der Waals surface area (Å²) < 4.78 is 0. The Morgan fingerprint density at radius 1 is 0.760 bits per heavy atom. The standard InChI is InChI=1S/C25H48/c1-6-8-9-10-11-12-13-14-15-16-22(17-20(3)4)24-19-25(24)18-23(25)21(5)7-2/h20-24H,6-19H2,1-5H3. The van der Waals surface area contributed by atoms with Crippen molar-refractivity contribution >= 4 is 0 Å². The fourth-order valence-electron chi connectivity index (χ4n) is 5.86. The van der Waals surface area contributed by atoms with E-state index in [1.165, 1.54) is 77.0 Å². The minimum atomic E-state index is 0.855. The summed E-state index contributed by atoms with van der Waals surface area (Å²) in [6, 6.07) is 0. The summed E-state index contributed by atoms with van der Waals surface area (Å²) >= 11 is 0. The van der Waals surface area contributed by atoms with Gasteiger partial charge in [0.25, 0.3) is 0 Å². The van der Waals surface area contributed by atoms with Gasteiger partial charge in [-0.1, -0.05) is 105 Å². The fourth-order valence-corrected chi connectivity index (χ4v) is 5.86. The smallest absolute Gasteiger partial charge is 0.0229 e. The van der Waals surface area contributed by atoms with Crippen molar-refractivity contribution in [2.45, 2.75) is 125 Å². The van der Waals surface area contributed by atoms with Gasteiger partial charge in [-0.25, -0.2) is 0 Å². The molecule has 0 bridgehead atoms. The molecule has 5 unspecified atom stereocenters. The zero-order valence-electron chi connectivity index (χ0n) is 18.3. The van der Waals surface area contributed by atoms with Crippen molar-refractivity contribution in [1.82, 2.24) is 0 Å². The van der Waals surface area contributed by atoms with E-state index in [1.54, 1.807) is 12.8 Å². The van der Waals surface area contributed by atoms with Crippen LogP contribution in [-0.2, 0) is 0 Å². The second-order valence-corrected chi connectivity index (χ2v) is 10.2. The summed E-state index contributed by atoms with van der Waals surface area (Å²) in [5.41, 5.74) is 0.855.